The molecular weight excluding hydrogens is 777 g/mol. The summed E-state index contributed by atoms with van der Waals surface area (Å²) in [5, 5.41) is 2.20. The van der Waals surface area contributed by atoms with Crippen LogP contribution in [0.15, 0.2) is 223 Å². The molecule has 1 aliphatic carbocycles. The second kappa shape index (κ2) is 15.0. The van der Waals surface area contributed by atoms with E-state index >= 15 is 0 Å². The number of aromatic nitrogens is 2. The summed E-state index contributed by atoms with van der Waals surface area (Å²) in [6.45, 7) is 4.67. The SMILES string of the molecule is CC1(C)c2ccccc2-c2ccc(-c3cccc(-c4cc(-c5cc(-c6ccc(-c7ccccc7)cc6)cc(-c6ccc7oc8ccccc8c7c6)c5)nc(-c5ccccc5)n4)c3)cc21. The molecule has 302 valence electrons. The van der Waals surface area contributed by atoms with E-state index in [4.69, 9.17) is 14.4 Å². The van der Waals surface area contributed by atoms with Crippen LogP contribution in [0.2, 0.25) is 0 Å². The lowest BCUT2D eigenvalue weighted by Gasteiger charge is -2.22. The molecule has 9 aromatic carbocycles. The third-order valence-corrected chi connectivity index (χ3v) is 13.1. The first kappa shape index (κ1) is 37.6. The van der Waals surface area contributed by atoms with E-state index in [1.165, 1.54) is 38.9 Å². The first-order valence-corrected chi connectivity index (χ1v) is 22.0. The van der Waals surface area contributed by atoms with Crippen LogP contribution < -0.4 is 0 Å². The molecule has 2 heterocycles. The van der Waals surface area contributed by atoms with Gasteiger partial charge >= 0.3 is 0 Å². The predicted molar refractivity (Wildman–Crippen MR) is 265 cm³/mol. The minimum Gasteiger partial charge on any atom is -0.456 e. The van der Waals surface area contributed by atoms with E-state index < -0.39 is 0 Å². The summed E-state index contributed by atoms with van der Waals surface area (Å²) in [7, 11) is 0. The normalized spacial score (nSPS) is 12.7. The van der Waals surface area contributed by atoms with Gasteiger partial charge in [-0.3, -0.25) is 0 Å². The van der Waals surface area contributed by atoms with Crippen molar-refractivity contribution in [3.63, 3.8) is 0 Å². The molecule has 2 aromatic heterocycles. The topological polar surface area (TPSA) is 38.9 Å². The molecule has 0 fully saturated rings. The number of hydrogen-bond acceptors (Lipinski definition) is 3. The summed E-state index contributed by atoms with van der Waals surface area (Å²) in [6.07, 6.45) is 0. The van der Waals surface area contributed by atoms with Crippen LogP contribution in [0.4, 0.5) is 0 Å². The molecule has 0 N–H and O–H groups in total. The van der Waals surface area contributed by atoms with Gasteiger partial charge < -0.3 is 4.42 Å². The Morgan fingerprint density at radius 1 is 0.312 bits per heavy atom. The zero-order valence-corrected chi connectivity index (χ0v) is 35.6. The monoisotopic (exact) mass is 818 g/mol. The first-order valence-electron chi connectivity index (χ1n) is 22.0. The van der Waals surface area contributed by atoms with Gasteiger partial charge in [0.05, 0.1) is 11.4 Å². The lowest BCUT2D eigenvalue weighted by Crippen LogP contribution is -2.14. The summed E-state index contributed by atoms with van der Waals surface area (Å²) in [5.41, 5.74) is 21.0. The van der Waals surface area contributed by atoms with Crippen molar-refractivity contribution in [2.24, 2.45) is 0 Å². The molecule has 11 aromatic rings. The van der Waals surface area contributed by atoms with Gasteiger partial charge in [0.1, 0.15) is 11.2 Å². The zero-order chi connectivity index (χ0) is 42.8. The molecule has 0 radical (unpaired) electrons. The highest BCUT2D eigenvalue weighted by Gasteiger charge is 2.35. The fourth-order valence-corrected chi connectivity index (χ4v) is 9.70. The molecule has 0 saturated carbocycles. The molecule has 3 heteroatoms. The van der Waals surface area contributed by atoms with Crippen molar-refractivity contribution < 1.29 is 4.42 Å². The van der Waals surface area contributed by atoms with Crippen LogP contribution in [-0.2, 0) is 5.41 Å². The van der Waals surface area contributed by atoms with Crippen molar-refractivity contribution in [2.45, 2.75) is 19.3 Å². The summed E-state index contributed by atoms with van der Waals surface area (Å²) >= 11 is 0. The zero-order valence-electron chi connectivity index (χ0n) is 35.6. The number of fused-ring (bicyclic) bond motifs is 6. The van der Waals surface area contributed by atoms with E-state index in [1.807, 2.05) is 30.3 Å². The highest BCUT2D eigenvalue weighted by molar-refractivity contribution is 6.06. The summed E-state index contributed by atoms with van der Waals surface area (Å²) < 4.78 is 6.25. The van der Waals surface area contributed by atoms with Crippen molar-refractivity contribution in [1.29, 1.82) is 0 Å². The van der Waals surface area contributed by atoms with Crippen LogP contribution in [0, 0.1) is 0 Å². The maximum Gasteiger partial charge on any atom is 0.160 e. The Bertz CT molecular complexity index is 3560. The summed E-state index contributed by atoms with van der Waals surface area (Å²) in [6, 6.07) is 78.0. The maximum absolute atomic E-state index is 6.25. The number of benzene rings is 9. The molecule has 1 aliphatic rings. The molecule has 0 unspecified atom stereocenters. The van der Waals surface area contributed by atoms with Crippen LogP contribution in [0.5, 0.6) is 0 Å². The Morgan fingerprint density at radius 3 is 1.61 bits per heavy atom. The molecule has 0 spiro atoms. The van der Waals surface area contributed by atoms with E-state index in [2.05, 4.69) is 202 Å². The van der Waals surface area contributed by atoms with E-state index in [1.54, 1.807) is 0 Å². The molecular formula is C61H42N2O. The summed E-state index contributed by atoms with van der Waals surface area (Å²) in [4.78, 5) is 10.6. The van der Waals surface area contributed by atoms with Gasteiger partial charge in [0.15, 0.2) is 5.82 Å². The summed E-state index contributed by atoms with van der Waals surface area (Å²) in [5.74, 6) is 0.681. The fourth-order valence-electron chi connectivity index (χ4n) is 9.70. The second-order valence-electron chi connectivity index (χ2n) is 17.4. The van der Waals surface area contributed by atoms with Gasteiger partial charge in [0.2, 0.25) is 0 Å². The van der Waals surface area contributed by atoms with Crippen LogP contribution in [0.25, 0.3) is 111 Å². The number of furan rings is 1. The van der Waals surface area contributed by atoms with Gasteiger partial charge in [-0.25, -0.2) is 9.97 Å². The van der Waals surface area contributed by atoms with Gasteiger partial charge in [-0.1, -0.05) is 178 Å². The Balaban J connectivity index is 1.01. The van der Waals surface area contributed by atoms with E-state index in [9.17, 15) is 0 Å². The molecule has 0 saturated heterocycles. The van der Waals surface area contributed by atoms with Gasteiger partial charge in [-0.2, -0.15) is 0 Å². The van der Waals surface area contributed by atoms with Crippen molar-refractivity contribution >= 4 is 21.9 Å². The van der Waals surface area contributed by atoms with Crippen molar-refractivity contribution in [3.8, 4) is 89.5 Å². The Kier molecular flexibility index (Phi) is 8.84. The molecule has 0 atom stereocenters. The average molecular weight is 819 g/mol. The minimum atomic E-state index is -0.0823. The molecule has 0 aliphatic heterocycles. The number of rotatable bonds is 7. The number of para-hydroxylation sites is 1. The predicted octanol–water partition coefficient (Wildman–Crippen LogP) is 16.4. The van der Waals surface area contributed by atoms with Crippen LogP contribution in [0.3, 0.4) is 0 Å². The standard InChI is InChI=1S/C61H42N2O/c1-61(2)54-22-11-9-20-50(54)51-30-28-45(37-55(51)61)43-18-13-19-46(32-43)56-38-57(63-60(62-56)42-16-7-4-8-17-42)49-34-47(41-26-24-40(25-27-41)39-14-5-3-6-15-39)33-48(35-49)44-29-31-59-53(36-44)52-21-10-12-23-58(52)64-59/h3-38H,1-2H3. The van der Waals surface area contributed by atoms with Gasteiger partial charge in [0.25, 0.3) is 0 Å². The van der Waals surface area contributed by atoms with E-state index in [0.717, 1.165) is 77.8 Å². The number of nitrogens with zero attached hydrogens (tertiary/aromatic N) is 2. The quantitative estimate of drug-likeness (QED) is 0.161. The largest absolute Gasteiger partial charge is 0.456 e. The van der Waals surface area contributed by atoms with E-state index in [-0.39, 0.29) is 5.41 Å². The highest BCUT2D eigenvalue weighted by atomic mass is 16.3. The van der Waals surface area contributed by atoms with E-state index in [0.29, 0.717) is 5.82 Å². The van der Waals surface area contributed by atoms with Gasteiger partial charge in [-0.05, 0) is 121 Å². The molecule has 0 bridgehead atoms. The Morgan fingerprint density at radius 2 is 0.812 bits per heavy atom. The second-order valence-corrected chi connectivity index (χ2v) is 17.4. The lowest BCUT2D eigenvalue weighted by atomic mass is 9.81. The smallest absolute Gasteiger partial charge is 0.160 e. The average Bonchev–Trinajstić information content (AvgIpc) is 3.85. The van der Waals surface area contributed by atoms with Gasteiger partial charge in [0, 0.05) is 32.9 Å². The Hall–Kier alpha value is -8.14. The van der Waals surface area contributed by atoms with Crippen molar-refractivity contribution in [1.82, 2.24) is 9.97 Å². The number of hydrogen-bond donors (Lipinski definition) is 0. The Labute approximate surface area is 373 Å². The third kappa shape index (κ3) is 6.53. The van der Waals surface area contributed by atoms with Gasteiger partial charge in [-0.15, -0.1) is 0 Å². The fraction of sp³-hybridized carbons (Fsp3) is 0.0492. The highest BCUT2D eigenvalue weighted by Crippen LogP contribution is 2.49. The molecule has 12 rings (SSSR count). The molecule has 3 nitrogen and oxygen atoms in total. The third-order valence-electron chi connectivity index (χ3n) is 13.1. The minimum absolute atomic E-state index is 0.0823. The maximum atomic E-state index is 6.25. The van der Waals surface area contributed by atoms with Crippen LogP contribution in [0.1, 0.15) is 25.0 Å². The van der Waals surface area contributed by atoms with Crippen molar-refractivity contribution in [3.05, 3.63) is 230 Å². The molecule has 64 heavy (non-hydrogen) atoms. The molecule has 0 amide bonds. The van der Waals surface area contributed by atoms with Crippen LogP contribution in [-0.4, -0.2) is 9.97 Å². The lowest BCUT2D eigenvalue weighted by molar-refractivity contribution is 0.660. The van der Waals surface area contributed by atoms with Crippen LogP contribution >= 0.6 is 0 Å². The first-order chi connectivity index (χ1) is 31.4. The van der Waals surface area contributed by atoms with Crippen molar-refractivity contribution in [2.75, 3.05) is 0 Å².